The number of hydrogen-bond acceptors (Lipinski definition) is 12. The molecule has 8 N–H and O–H groups in total. The zero-order valence-electron chi connectivity index (χ0n) is 14.5. The lowest BCUT2D eigenvalue weighted by Gasteiger charge is -2.45. The van der Waals surface area contributed by atoms with Gasteiger partial charge in [-0.25, -0.2) is 0 Å². The molecule has 2 heterocycles. The fourth-order valence-electron chi connectivity index (χ4n) is 3.07. The monoisotopic (exact) mass is 412 g/mol. The van der Waals surface area contributed by atoms with Crippen molar-refractivity contribution >= 4 is 11.9 Å². The number of esters is 1. The molecule has 0 aromatic rings. The van der Waals surface area contributed by atoms with Gasteiger partial charge in [0, 0.05) is 0 Å². The summed E-state index contributed by atoms with van der Waals surface area (Å²) in [4.78, 5) is 21.8. The molecule has 0 aromatic carbocycles. The lowest BCUT2D eigenvalue weighted by Crippen LogP contribution is -2.66. The van der Waals surface area contributed by atoms with Gasteiger partial charge in [0.2, 0.25) is 0 Å². The largest absolute Gasteiger partial charge is 0.481 e. The molecule has 0 radical (unpaired) electrons. The number of carbonyl (C=O) groups excluding carboxylic acids is 1. The van der Waals surface area contributed by atoms with E-state index in [2.05, 4.69) is 4.74 Å². The standard InChI is InChI=1S/C15H24O13/c16-4-2-27-14(11(23)8(4)20)13(25)15-12(24)10(22)9(21)5(28-15)3-26-7(19)1-6(17)18/h4-5,8-16,20-25H,1-3H2,(H,17,18)/t4-,5-,8+,9-,10+,11-,12-,13?,14-,15?/m1/s1. The Hall–Kier alpha value is -1.42. The summed E-state index contributed by atoms with van der Waals surface area (Å²) in [5.74, 6) is -2.58. The molecule has 2 aliphatic rings. The van der Waals surface area contributed by atoms with Crippen LogP contribution in [0.5, 0.6) is 0 Å². The number of carboxylic acid groups (broad SMARTS) is 1. The lowest BCUT2D eigenvalue weighted by molar-refractivity contribution is -0.279. The molecular formula is C15H24O13. The first kappa shape index (κ1) is 22.9. The van der Waals surface area contributed by atoms with Gasteiger partial charge in [0.15, 0.2) is 0 Å². The van der Waals surface area contributed by atoms with Crippen LogP contribution in [0.3, 0.4) is 0 Å². The molecule has 2 aliphatic heterocycles. The Labute approximate surface area is 158 Å². The molecular weight excluding hydrogens is 388 g/mol. The SMILES string of the molecule is O=C(O)CC(=O)OC[C@H]1OC(C(O)[C@@H]2OC[C@@H](O)[C@H](O)[C@H]2O)[C@H](O)[C@@H](O)[C@@H]1O. The van der Waals surface area contributed by atoms with Gasteiger partial charge in [0.05, 0.1) is 6.61 Å². The van der Waals surface area contributed by atoms with E-state index in [4.69, 9.17) is 14.6 Å². The van der Waals surface area contributed by atoms with Crippen molar-refractivity contribution in [2.75, 3.05) is 13.2 Å². The van der Waals surface area contributed by atoms with Crippen molar-refractivity contribution in [1.82, 2.24) is 0 Å². The number of aliphatic hydroxyl groups is 7. The Bertz CT molecular complexity index is 556. The predicted octanol–water partition coefficient (Wildman–Crippen LogP) is -5.30. The number of hydrogen-bond donors (Lipinski definition) is 8. The summed E-state index contributed by atoms with van der Waals surface area (Å²) in [6.07, 6.45) is -17.5. The van der Waals surface area contributed by atoms with Crippen molar-refractivity contribution in [3.63, 3.8) is 0 Å². The summed E-state index contributed by atoms with van der Waals surface area (Å²) in [5.41, 5.74) is 0. The highest BCUT2D eigenvalue weighted by Gasteiger charge is 2.51. The van der Waals surface area contributed by atoms with E-state index in [1.807, 2.05) is 0 Å². The average Bonchev–Trinajstić information content (AvgIpc) is 2.63. The van der Waals surface area contributed by atoms with E-state index in [0.717, 1.165) is 0 Å². The van der Waals surface area contributed by atoms with Crippen LogP contribution in [0.15, 0.2) is 0 Å². The van der Waals surface area contributed by atoms with Gasteiger partial charge < -0.3 is 55.1 Å². The topological polar surface area (TPSA) is 224 Å². The fraction of sp³-hybridized carbons (Fsp3) is 0.867. The summed E-state index contributed by atoms with van der Waals surface area (Å²) in [7, 11) is 0. The normalized spacial score (nSPS) is 42.6. The van der Waals surface area contributed by atoms with Crippen molar-refractivity contribution in [2.45, 2.75) is 67.5 Å². The number of ether oxygens (including phenoxy) is 3. The van der Waals surface area contributed by atoms with Crippen molar-refractivity contribution < 1.29 is 64.7 Å². The molecule has 162 valence electrons. The number of rotatable bonds is 6. The van der Waals surface area contributed by atoms with E-state index in [0.29, 0.717) is 0 Å². The molecule has 0 amide bonds. The predicted molar refractivity (Wildman–Crippen MR) is 83.7 cm³/mol. The number of carbonyl (C=O) groups is 2. The van der Waals surface area contributed by atoms with Crippen LogP contribution >= 0.6 is 0 Å². The molecule has 13 nitrogen and oxygen atoms in total. The van der Waals surface area contributed by atoms with E-state index < -0.39 is 92.6 Å². The van der Waals surface area contributed by atoms with E-state index in [9.17, 15) is 45.3 Å². The van der Waals surface area contributed by atoms with Gasteiger partial charge in [0.25, 0.3) is 0 Å². The van der Waals surface area contributed by atoms with Crippen molar-refractivity contribution in [2.24, 2.45) is 0 Å². The minimum absolute atomic E-state index is 0.426. The molecule has 2 saturated heterocycles. The number of aliphatic hydroxyl groups excluding tert-OH is 7. The summed E-state index contributed by atoms with van der Waals surface area (Å²) in [6.45, 7) is -1.11. The molecule has 2 fully saturated rings. The highest BCUT2D eigenvalue weighted by molar-refractivity contribution is 5.90. The molecule has 0 aromatic heterocycles. The highest BCUT2D eigenvalue weighted by atomic mass is 16.6. The molecule has 13 heteroatoms. The minimum Gasteiger partial charge on any atom is -0.481 e. The smallest absolute Gasteiger partial charge is 0.317 e. The number of aliphatic carboxylic acids is 1. The van der Waals surface area contributed by atoms with E-state index in [-0.39, 0.29) is 0 Å². The second-order valence-corrected chi connectivity index (χ2v) is 6.70. The Balaban J connectivity index is 2.06. The molecule has 10 atom stereocenters. The van der Waals surface area contributed by atoms with Crippen LogP contribution in [0.1, 0.15) is 6.42 Å². The van der Waals surface area contributed by atoms with Crippen LogP contribution in [-0.2, 0) is 23.8 Å². The van der Waals surface area contributed by atoms with E-state index in [1.165, 1.54) is 0 Å². The van der Waals surface area contributed by atoms with Gasteiger partial charge in [-0.1, -0.05) is 0 Å². The molecule has 2 unspecified atom stereocenters. The molecule has 0 saturated carbocycles. The van der Waals surface area contributed by atoms with Gasteiger partial charge in [-0.15, -0.1) is 0 Å². The Kier molecular flexibility index (Phi) is 7.66. The van der Waals surface area contributed by atoms with Gasteiger partial charge in [-0.3, -0.25) is 9.59 Å². The van der Waals surface area contributed by atoms with Crippen LogP contribution < -0.4 is 0 Å². The van der Waals surface area contributed by atoms with Gasteiger partial charge in [-0.05, 0) is 0 Å². The van der Waals surface area contributed by atoms with Crippen LogP contribution in [0, 0.1) is 0 Å². The lowest BCUT2D eigenvalue weighted by atomic mass is 9.87. The van der Waals surface area contributed by atoms with Crippen LogP contribution in [-0.4, -0.2) is 127 Å². The van der Waals surface area contributed by atoms with Gasteiger partial charge in [-0.2, -0.15) is 0 Å². The van der Waals surface area contributed by atoms with Gasteiger partial charge >= 0.3 is 11.9 Å². The first-order chi connectivity index (χ1) is 13.0. The third kappa shape index (κ3) is 4.94. The third-order valence-corrected chi connectivity index (χ3v) is 4.67. The Morgan fingerprint density at radius 1 is 0.929 bits per heavy atom. The second kappa shape index (κ2) is 9.39. The fourth-order valence-corrected chi connectivity index (χ4v) is 3.07. The quantitative estimate of drug-likeness (QED) is 0.151. The van der Waals surface area contributed by atoms with Crippen molar-refractivity contribution in [3.8, 4) is 0 Å². The maximum absolute atomic E-state index is 11.3. The van der Waals surface area contributed by atoms with E-state index in [1.54, 1.807) is 0 Å². The first-order valence-corrected chi connectivity index (χ1v) is 8.45. The Morgan fingerprint density at radius 2 is 1.54 bits per heavy atom. The summed E-state index contributed by atoms with van der Waals surface area (Å²) in [5, 5.41) is 78.1. The third-order valence-electron chi connectivity index (χ3n) is 4.67. The van der Waals surface area contributed by atoms with Gasteiger partial charge in [0.1, 0.15) is 74.1 Å². The molecule has 0 spiro atoms. The Morgan fingerprint density at radius 3 is 2.14 bits per heavy atom. The highest BCUT2D eigenvalue weighted by Crippen LogP contribution is 2.28. The summed E-state index contributed by atoms with van der Waals surface area (Å²) in [6, 6.07) is 0. The van der Waals surface area contributed by atoms with Crippen molar-refractivity contribution in [1.29, 1.82) is 0 Å². The molecule has 28 heavy (non-hydrogen) atoms. The van der Waals surface area contributed by atoms with Crippen LogP contribution in [0.25, 0.3) is 0 Å². The maximum atomic E-state index is 11.3. The minimum atomic E-state index is -1.84. The summed E-state index contributed by atoms with van der Waals surface area (Å²) >= 11 is 0. The zero-order chi connectivity index (χ0) is 21.2. The molecule has 0 bridgehead atoms. The van der Waals surface area contributed by atoms with Crippen molar-refractivity contribution in [3.05, 3.63) is 0 Å². The van der Waals surface area contributed by atoms with Crippen LogP contribution in [0.4, 0.5) is 0 Å². The molecule has 2 rings (SSSR count). The summed E-state index contributed by atoms with van der Waals surface area (Å²) < 4.78 is 15.0. The van der Waals surface area contributed by atoms with E-state index >= 15 is 0 Å². The first-order valence-electron chi connectivity index (χ1n) is 8.45. The zero-order valence-corrected chi connectivity index (χ0v) is 14.5. The number of carboxylic acids is 1. The average molecular weight is 412 g/mol. The maximum Gasteiger partial charge on any atom is 0.317 e. The second-order valence-electron chi connectivity index (χ2n) is 6.70. The molecule has 0 aliphatic carbocycles. The van der Waals surface area contributed by atoms with Crippen LogP contribution in [0.2, 0.25) is 0 Å².